The first kappa shape index (κ1) is 14.5. The van der Waals surface area contributed by atoms with E-state index in [-0.39, 0.29) is 17.2 Å². The molecule has 1 saturated heterocycles. The molecule has 1 heterocycles. The third kappa shape index (κ3) is 3.17. The number of rotatable bonds is 3. The molecule has 0 spiro atoms. The molecule has 20 heavy (non-hydrogen) atoms. The van der Waals surface area contributed by atoms with Crippen LogP contribution in [0.2, 0.25) is 0 Å². The fourth-order valence-corrected chi connectivity index (χ4v) is 2.45. The summed E-state index contributed by atoms with van der Waals surface area (Å²) in [6, 6.07) is 6.97. The van der Waals surface area contributed by atoms with E-state index in [1.807, 2.05) is 4.90 Å². The van der Waals surface area contributed by atoms with Gasteiger partial charge in [-0.3, -0.25) is 9.59 Å². The zero-order chi connectivity index (χ0) is 14.8. The van der Waals surface area contributed by atoms with Crippen LogP contribution < -0.4 is 11.1 Å². The molecule has 0 aromatic heterocycles. The summed E-state index contributed by atoms with van der Waals surface area (Å²) in [5.41, 5.74) is 7.13. The summed E-state index contributed by atoms with van der Waals surface area (Å²) in [5, 5.41) is 2.68. The van der Waals surface area contributed by atoms with E-state index < -0.39 is 0 Å². The SMILES string of the molecule is CC(=O)Nc1ccc(C(=O)N2CCC(C)(CN)C2)cc1. The van der Waals surface area contributed by atoms with E-state index in [1.54, 1.807) is 24.3 Å². The molecule has 1 atom stereocenters. The van der Waals surface area contributed by atoms with Crippen molar-refractivity contribution in [3.05, 3.63) is 29.8 Å². The second kappa shape index (κ2) is 5.63. The summed E-state index contributed by atoms with van der Waals surface area (Å²) in [5.74, 6) is -0.0983. The van der Waals surface area contributed by atoms with Gasteiger partial charge in [-0.2, -0.15) is 0 Å². The van der Waals surface area contributed by atoms with Gasteiger partial charge in [0.1, 0.15) is 0 Å². The van der Waals surface area contributed by atoms with Gasteiger partial charge in [0.05, 0.1) is 0 Å². The van der Waals surface area contributed by atoms with E-state index in [9.17, 15) is 9.59 Å². The summed E-state index contributed by atoms with van der Waals surface area (Å²) < 4.78 is 0. The van der Waals surface area contributed by atoms with E-state index >= 15 is 0 Å². The Balaban J connectivity index is 2.05. The first-order valence-corrected chi connectivity index (χ1v) is 6.80. The molecule has 2 rings (SSSR count). The molecular weight excluding hydrogens is 254 g/mol. The second-order valence-electron chi connectivity index (χ2n) is 5.75. The lowest BCUT2D eigenvalue weighted by Gasteiger charge is -2.22. The van der Waals surface area contributed by atoms with Gasteiger partial charge in [0.15, 0.2) is 0 Å². The highest BCUT2D eigenvalue weighted by atomic mass is 16.2. The Labute approximate surface area is 119 Å². The van der Waals surface area contributed by atoms with E-state index in [4.69, 9.17) is 5.73 Å². The number of nitrogens with one attached hydrogen (secondary N) is 1. The standard InChI is InChI=1S/C15H21N3O2/c1-11(19)17-13-5-3-12(4-6-13)14(20)18-8-7-15(2,9-16)10-18/h3-6H,7-10,16H2,1-2H3,(H,17,19). The maximum Gasteiger partial charge on any atom is 0.253 e. The molecule has 1 aromatic rings. The molecular formula is C15H21N3O2. The van der Waals surface area contributed by atoms with E-state index in [0.29, 0.717) is 24.3 Å². The third-order valence-electron chi connectivity index (χ3n) is 3.79. The topological polar surface area (TPSA) is 75.4 Å². The monoisotopic (exact) mass is 275 g/mol. The Kier molecular flexibility index (Phi) is 4.09. The molecule has 0 radical (unpaired) electrons. The fraction of sp³-hybridized carbons (Fsp3) is 0.467. The largest absolute Gasteiger partial charge is 0.338 e. The molecule has 1 fully saturated rings. The average molecular weight is 275 g/mol. The van der Waals surface area contributed by atoms with Crippen molar-refractivity contribution in [2.45, 2.75) is 20.3 Å². The molecule has 2 amide bonds. The van der Waals surface area contributed by atoms with Crippen molar-refractivity contribution in [1.82, 2.24) is 4.90 Å². The van der Waals surface area contributed by atoms with Crippen LogP contribution in [0.1, 0.15) is 30.6 Å². The Morgan fingerprint density at radius 1 is 1.35 bits per heavy atom. The lowest BCUT2D eigenvalue weighted by Crippen LogP contribution is -2.34. The first-order valence-electron chi connectivity index (χ1n) is 6.80. The van der Waals surface area contributed by atoms with Crippen LogP contribution in [-0.4, -0.2) is 36.3 Å². The molecule has 5 nitrogen and oxygen atoms in total. The minimum Gasteiger partial charge on any atom is -0.338 e. The van der Waals surface area contributed by atoms with Crippen LogP contribution in [-0.2, 0) is 4.79 Å². The summed E-state index contributed by atoms with van der Waals surface area (Å²) in [6.07, 6.45) is 0.944. The van der Waals surface area contributed by atoms with Crippen LogP contribution in [0.25, 0.3) is 0 Å². The van der Waals surface area contributed by atoms with E-state index in [1.165, 1.54) is 6.92 Å². The predicted octanol–water partition coefficient (Wildman–Crippen LogP) is 1.46. The number of hydrogen-bond donors (Lipinski definition) is 2. The lowest BCUT2D eigenvalue weighted by molar-refractivity contribution is -0.114. The molecule has 3 N–H and O–H groups in total. The number of carbonyl (C=O) groups is 2. The zero-order valence-electron chi connectivity index (χ0n) is 12.0. The maximum absolute atomic E-state index is 12.4. The quantitative estimate of drug-likeness (QED) is 0.876. The van der Waals surface area contributed by atoms with Crippen LogP contribution in [0.4, 0.5) is 5.69 Å². The number of likely N-dealkylation sites (tertiary alicyclic amines) is 1. The molecule has 0 aliphatic carbocycles. The molecule has 108 valence electrons. The highest BCUT2D eigenvalue weighted by Gasteiger charge is 2.35. The Morgan fingerprint density at radius 2 is 2.00 bits per heavy atom. The van der Waals surface area contributed by atoms with E-state index in [2.05, 4.69) is 12.2 Å². The van der Waals surface area contributed by atoms with Crippen LogP contribution >= 0.6 is 0 Å². The summed E-state index contributed by atoms with van der Waals surface area (Å²) in [7, 11) is 0. The normalized spacial score (nSPS) is 21.9. The highest BCUT2D eigenvalue weighted by Crippen LogP contribution is 2.29. The van der Waals surface area contributed by atoms with Gasteiger partial charge in [-0.1, -0.05) is 6.92 Å². The number of carbonyl (C=O) groups excluding carboxylic acids is 2. The molecule has 5 heteroatoms. The van der Waals surface area contributed by atoms with Gasteiger partial charge >= 0.3 is 0 Å². The first-order chi connectivity index (χ1) is 9.43. The number of benzene rings is 1. The smallest absolute Gasteiger partial charge is 0.253 e. The van der Waals surface area contributed by atoms with Gasteiger partial charge in [-0.05, 0) is 42.6 Å². The summed E-state index contributed by atoms with van der Waals surface area (Å²) in [4.78, 5) is 25.2. The van der Waals surface area contributed by atoms with Crippen molar-refractivity contribution in [1.29, 1.82) is 0 Å². The van der Waals surface area contributed by atoms with Crippen molar-refractivity contribution in [3.63, 3.8) is 0 Å². The highest BCUT2D eigenvalue weighted by molar-refractivity contribution is 5.95. The average Bonchev–Trinajstić information content (AvgIpc) is 2.82. The van der Waals surface area contributed by atoms with Crippen molar-refractivity contribution in [2.24, 2.45) is 11.1 Å². The van der Waals surface area contributed by atoms with Gasteiger partial charge in [-0.15, -0.1) is 0 Å². The minimum atomic E-state index is -0.123. The van der Waals surface area contributed by atoms with Crippen LogP contribution in [0, 0.1) is 5.41 Å². The fourth-order valence-electron chi connectivity index (χ4n) is 2.45. The minimum absolute atomic E-state index is 0.0246. The third-order valence-corrected chi connectivity index (χ3v) is 3.79. The van der Waals surface area contributed by atoms with Crippen molar-refractivity contribution >= 4 is 17.5 Å². The van der Waals surface area contributed by atoms with Crippen molar-refractivity contribution in [2.75, 3.05) is 25.0 Å². The van der Waals surface area contributed by atoms with Crippen LogP contribution in [0.15, 0.2) is 24.3 Å². The van der Waals surface area contributed by atoms with Gasteiger partial charge in [0.2, 0.25) is 5.91 Å². The van der Waals surface area contributed by atoms with Gasteiger partial charge < -0.3 is 16.0 Å². The molecule has 1 aliphatic heterocycles. The molecule has 1 aromatic carbocycles. The zero-order valence-corrected chi connectivity index (χ0v) is 12.0. The molecule has 0 bridgehead atoms. The van der Waals surface area contributed by atoms with E-state index in [0.717, 1.165) is 13.0 Å². The number of anilines is 1. The van der Waals surface area contributed by atoms with Crippen molar-refractivity contribution in [3.8, 4) is 0 Å². The summed E-state index contributed by atoms with van der Waals surface area (Å²) in [6.45, 7) is 5.62. The molecule has 1 aliphatic rings. The van der Waals surface area contributed by atoms with Gasteiger partial charge in [0.25, 0.3) is 5.91 Å². The molecule has 1 unspecified atom stereocenters. The maximum atomic E-state index is 12.4. The Bertz CT molecular complexity index is 512. The van der Waals surface area contributed by atoms with Crippen molar-refractivity contribution < 1.29 is 9.59 Å². The molecule has 0 saturated carbocycles. The van der Waals surface area contributed by atoms with Gasteiger partial charge in [0, 0.05) is 31.3 Å². The van der Waals surface area contributed by atoms with Gasteiger partial charge in [-0.25, -0.2) is 0 Å². The number of nitrogens with zero attached hydrogens (tertiary/aromatic N) is 1. The second-order valence-corrected chi connectivity index (χ2v) is 5.75. The number of hydrogen-bond acceptors (Lipinski definition) is 3. The number of nitrogens with two attached hydrogens (primary N) is 1. The predicted molar refractivity (Wildman–Crippen MR) is 78.4 cm³/mol. The number of amides is 2. The summed E-state index contributed by atoms with van der Waals surface area (Å²) >= 11 is 0. The Hall–Kier alpha value is -1.88. The lowest BCUT2D eigenvalue weighted by atomic mass is 9.90. The van der Waals surface area contributed by atoms with Crippen LogP contribution in [0.5, 0.6) is 0 Å². The Morgan fingerprint density at radius 3 is 2.50 bits per heavy atom. The van der Waals surface area contributed by atoms with Crippen LogP contribution in [0.3, 0.4) is 0 Å².